The van der Waals surface area contributed by atoms with Crippen LogP contribution in [0.15, 0.2) is 16.8 Å². The molecule has 1 unspecified atom stereocenters. The standard InChI is InChI=1S/C27H33F3N6O4/c1-14-19(36-40-35-14)23(37)34-20(15-7-9-27(29,30)10-8-15)22-32-17-6-5-16(18(28)21(17)33-22)26(11-12-31-13-26)24(38)39-25(2,3)4/h5-6,15,20,31H,7-13H2,1-4H3,(H,32,33)(H,34,37)/t20-,26?/m0/s1. The van der Waals surface area contributed by atoms with Gasteiger partial charge in [-0.05, 0) is 70.6 Å². The molecule has 3 aromatic rings. The molecule has 2 aromatic heterocycles. The zero-order valence-corrected chi connectivity index (χ0v) is 22.9. The number of rotatable bonds is 6. The van der Waals surface area contributed by atoms with Crippen molar-refractivity contribution in [2.75, 3.05) is 13.1 Å². The first kappa shape index (κ1) is 28.1. The number of fused-ring (bicyclic) bond motifs is 1. The number of carbonyl (C=O) groups is 2. The third-order valence-electron chi connectivity index (χ3n) is 7.75. The maximum Gasteiger partial charge on any atom is 0.318 e. The molecule has 1 aliphatic carbocycles. The zero-order valence-electron chi connectivity index (χ0n) is 22.9. The molecule has 10 nitrogen and oxygen atoms in total. The monoisotopic (exact) mass is 562 g/mol. The summed E-state index contributed by atoms with van der Waals surface area (Å²) in [5.41, 5.74) is -1.26. The van der Waals surface area contributed by atoms with Crippen LogP contribution in [0, 0.1) is 18.7 Å². The minimum absolute atomic E-state index is 0.0120. The highest BCUT2D eigenvalue weighted by Gasteiger charge is 2.48. The van der Waals surface area contributed by atoms with E-state index in [1.165, 1.54) is 0 Å². The second-order valence-corrected chi connectivity index (χ2v) is 11.8. The quantitative estimate of drug-likeness (QED) is 0.380. The first-order valence-corrected chi connectivity index (χ1v) is 13.4. The van der Waals surface area contributed by atoms with Crippen LogP contribution in [-0.4, -0.2) is 56.8 Å². The van der Waals surface area contributed by atoms with Crippen molar-refractivity contribution >= 4 is 22.9 Å². The number of benzene rings is 1. The van der Waals surface area contributed by atoms with Crippen LogP contribution < -0.4 is 10.6 Å². The Morgan fingerprint density at radius 2 is 1.90 bits per heavy atom. The van der Waals surface area contributed by atoms with Gasteiger partial charge >= 0.3 is 5.97 Å². The second-order valence-electron chi connectivity index (χ2n) is 11.8. The Labute approximate surface area is 228 Å². The lowest BCUT2D eigenvalue weighted by atomic mass is 9.79. The van der Waals surface area contributed by atoms with E-state index in [4.69, 9.17) is 4.74 Å². The van der Waals surface area contributed by atoms with E-state index in [0.29, 0.717) is 18.5 Å². The summed E-state index contributed by atoms with van der Waals surface area (Å²) in [5.74, 6) is -4.75. The van der Waals surface area contributed by atoms with Gasteiger partial charge in [0.25, 0.3) is 5.91 Å². The third kappa shape index (κ3) is 5.30. The van der Waals surface area contributed by atoms with Gasteiger partial charge in [-0.3, -0.25) is 9.59 Å². The number of nitrogens with zero attached hydrogens (tertiary/aromatic N) is 3. The lowest BCUT2D eigenvalue weighted by Gasteiger charge is -2.33. The summed E-state index contributed by atoms with van der Waals surface area (Å²) in [7, 11) is 0. The largest absolute Gasteiger partial charge is 0.459 e. The number of hydrogen-bond acceptors (Lipinski definition) is 8. The highest BCUT2D eigenvalue weighted by molar-refractivity contribution is 5.93. The minimum Gasteiger partial charge on any atom is -0.459 e. The number of alkyl halides is 2. The molecule has 1 amide bonds. The molecule has 13 heteroatoms. The van der Waals surface area contributed by atoms with Crippen LogP contribution in [0.1, 0.15) is 86.5 Å². The van der Waals surface area contributed by atoms with Gasteiger partial charge in [-0.1, -0.05) is 11.2 Å². The molecular weight excluding hydrogens is 529 g/mol. The summed E-state index contributed by atoms with van der Waals surface area (Å²) >= 11 is 0. The van der Waals surface area contributed by atoms with Crippen LogP contribution in [0.3, 0.4) is 0 Å². The Morgan fingerprint density at radius 3 is 2.50 bits per heavy atom. The fourth-order valence-corrected chi connectivity index (χ4v) is 5.61. The van der Waals surface area contributed by atoms with Crippen LogP contribution >= 0.6 is 0 Å². The van der Waals surface area contributed by atoms with E-state index in [-0.39, 0.29) is 66.4 Å². The molecule has 5 rings (SSSR count). The van der Waals surface area contributed by atoms with Crippen molar-refractivity contribution in [1.29, 1.82) is 0 Å². The second kappa shape index (κ2) is 10.2. The van der Waals surface area contributed by atoms with Crippen molar-refractivity contribution in [3.63, 3.8) is 0 Å². The Hall–Kier alpha value is -3.48. The predicted octanol–water partition coefficient (Wildman–Crippen LogP) is 4.26. The van der Waals surface area contributed by atoms with Gasteiger partial charge in [-0.2, -0.15) is 0 Å². The van der Waals surface area contributed by atoms with Gasteiger partial charge in [0.15, 0.2) is 11.5 Å². The highest BCUT2D eigenvalue weighted by Crippen LogP contribution is 2.42. The SMILES string of the molecule is Cc1nonc1C(=O)N[C@H](c1nc2c(F)c(C3(C(=O)OC(C)(C)C)CCNC3)ccc2[nH]1)C1CCC(F)(F)CC1. The number of ether oxygens (including phenoxy) is 1. The average molecular weight is 563 g/mol. The number of amides is 1. The Balaban J connectivity index is 1.53. The van der Waals surface area contributed by atoms with Gasteiger partial charge in [-0.15, -0.1) is 0 Å². The van der Waals surface area contributed by atoms with Crippen molar-refractivity contribution in [3.8, 4) is 0 Å². The molecule has 2 fully saturated rings. The van der Waals surface area contributed by atoms with Crippen molar-refractivity contribution in [1.82, 2.24) is 30.9 Å². The number of H-pyrrole nitrogens is 1. The summed E-state index contributed by atoms with van der Waals surface area (Å²) in [4.78, 5) is 33.9. The van der Waals surface area contributed by atoms with Gasteiger partial charge in [0, 0.05) is 24.9 Å². The number of aryl methyl sites for hydroxylation is 1. The lowest BCUT2D eigenvalue weighted by molar-refractivity contribution is -0.161. The Bertz CT molecular complexity index is 1410. The number of halogens is 3. The minimum atomic E-state index is -2.78. The fraction of sp³-hybridized carbons (Fsp3) is 0.593. The van der Waals surface area contributed by atoms with E-state index in [9.17, 15) is 18.4 Å². The van der Waals surface area contributed by atoms with Crippen LogP contribution in [0.2, 0.25) is 0 Å². The molecule has 0 radical (unpaired) electrons. The topological polar surface area (TPSA) is 135 Å². The zero-order chi connectivity index (χ0) is 28.9. The van der Waals surface area contributed by atoms with E-state index in [1.807, 2.05) is 0 Å². The number of hydrogen-bond donors (Lipinski definition) is 3. The molecule has 2 aliphatic rings. The van der Waals surface area contributed by atoms with Gasteiger partial charge < -0.3 is 20.4 Å². The van der Waals surface area contributed by atoms with Crippen LogP contribution in [0.4, 0.5) is 13.2 Å². The molecule has 1 saturated heterocycles. The van der Waals surface area contributed by atoms with E-state index in [0.717, 1.165) is 0 Å². The van der Waals surface area contributed by atoms with Crippen molar-refractivity contribution in [3.05, 3.63) is 40.7 Å². The summed E-state index contributed by atoms with van der Waals surface area (Å²) in [6.07, 6.45) is -0.0580. The molecule has 1 aliphatic heterocycles. The lowest BCUT2D eigenvalue weighted by Crippen LogP contribution is -2.43. The molecule has 0 bridgehead atoms. The third-order valence-corrected chi connectivity index (χ3v) is 7.75. The smallest absolute Gasteiger partial charge is 0.318 e. The summed E-state index contributed by atoms with van der Waals surface area (Å²) in [5, 5.41) is 13.2. The molecule has 2 atom stereocenters. The van der Waals surface area contributed by atoms with E-state index in [2.05, 4.69) is 35.5 Å². The normalized spacial score (nSPS) is 22.4. The number of esters is 1. The molecule has 1 saturated carbocycles. The fourth-order valence-electron chi connectivity index (χ4n) is 5.61. The van der Waals surface area contributed by atoms with Crippen molar-refractivity contribution < 1.29 is 32.1 Å². The number of nitrogens with one attached hydrogen (secondary N) is 3. The maximum atomic E-state index is 16.2. The molecule has 3 heterocycles. The molecule has 0 spiro atoms. The van der Waals surface area contributed by atoms with E-state index >= 15 is 4.39 Å². The molecule has 3 N–H and O–H groups in total. The van der Waals surface area contributed by atoms with Crippen molar-refractivity contribution in [2.24, 2.45) is 5.92 Å². The molecule has 40 heavy (non-hydrogen) atoms. The van der Waals surface area contributed by atoms with Crippen LogP contribution in [0.25, 0.3) is 11.0 Å². The van der Waals surface area contributed by atoms with Gasteiger partial charge in [0.2, 0.25) is 5.92 Å². The maximum absolute atomic E-state index is 16.2. The van der Waals surface area contributed by atoms with Gasteiger partial charge in [-0.25, -0.2) is 22.8 Å². The van der Waals surface area contributed by atoms with E-state index < -0.39 is 40.7 Å². The number of aromatic nitrogens is 4. The molecule has 216 valence electrons. The summed E-state index contributed by atoms with van der Waals surface area (Å²) in [6, 6.07) is 2.35. The van der Waals surface area contributed by atoms with E-state index in [1.54, 1.807) is 39.8 Å². The van der Waals surface area contributed by atoms with Crippen LogP contribution in [0.5, 0.6) is 0 Å². The Kier molecular flexibility index (Phi) is 7.13. The van der Waals surface area contributed by atoms with Crippen molar-refractivity contribution in [2.45, 2.75) is 82.8 Å². The average Bonchev–Trinajstić information content (AvgIpc) is 3.62. The number of imidazole rings is 1. The molecular formula is C27H33F3N6O4. The summed E-state index contributed by atoms with van der Waals surface area (Å²) < 4.78 is 54.4. The first-order valence-electron chi connectivity index (χ1n) is 13.4. The van der Waals surface area contributed by atoms with Gasteiger partial charge in [0.1, 0.15) is 28.1 Å². The molecule has 1 aromatic carbocycles. The van der Waals surface area contributed by atoms with Crippen LogP contribution in [-0.2, 0) is 14.9 Å². The van der Waals surface area contributed by atoms with Gasteiger partial charge in [0.05, 0.1) is 11.6 Å². The first-order chi connectivity index (χ1) is 18.8. The number of aromatic amines is 1. The Morgan fingerprint density at radius 1 is 1.18 bits per heavy atom. The number of carbonyl (C=O) groups excluding carboxylic acids is 2. The highest BCUT2D eigenvalue weighted by atomic mass is 19.3. The predicted molar refractivity (Wildman–Crippen MR) is 137 cm³/mol. The summed E-state index contributed by atoms with van der Waals surface area (Å²) in [6.45, 7) is 7.55.